The van der Waals surface area contributed by atoms with Crippen molar-refractivity contribution in [3.63, 3.8) is 0 Å². The lowest BCUT2D eigenvalue weighted by atomic mass is 9.73. The SMILES string of the molecule is CC1(C)CC=C(C#Cc2ccccc2)c2ccc(C#Cc3ccc(C(=O)O)cc3)cc21. The third-order valence-corrected chi connectivity index (χ3v) is 5.45. The first-order chi connectivity index (χ1) is 14.9. The zero-order chi connectivity index (χ0) is 21.8. The second-order valence-electron chi connectivity index (χ2n) is 8.21. The second kappa shape index (κ2) is 8.39. The first kappa shape index (κ1) is 20.3. The summed E-state index contributed by atoms with van der Waals surface area (Å²) in [6.45, 7) is 4.48. The molecule has 1 aliphatic rings. The molecule has 0 saturated heterocycles. The van der Waals surface area contributed by atoms with E-state index in [0.717, 1.165) is 34.2 Å². The highest BCUT2D eigenvalue weighted by Gasteiger charge is 2.27. The number of hydrogen-bond donors (Lipinski definition) is 1. The molecule has 4 rings (SSSR count). The molecule has 31 heavy (non-hydrogen) atoms. The van der Waals surface area contributed by atoms with Gasteiger partial charge >= 0.3 is 5.97 Å². The molecule has 0 radical (unpaired) electrons. The molecular weight excluding hydrogens is 380 g/mol. The molecule has 0 aliphatic heterocycles. The van der Waals surface area contributed by atoms with E-state index >= 15 is 0 Å². The molecule has 0 atom stereocenters. The van der Waals surface area contributed by atoms with Gasteiger partial charge in [0.15, 0.2) is 0 Å². The van der Waals surface area contributed by atoms with Crippen molar-refractivity contribution in [3.05, 3.63) is 112 Å². The van der Waals surface area contributed by atoms with Crippen LogP contribution in [-0.2, 0) is 5.41 Å². The summed E-state index contributed by atoms with van der Waals surface area (Å²) in [7, 11) is 0. The van der Waals surface area contributed by atoms with Crippen LogP contribution in [0.4, 0.5) is 0 Å². The predicted molar refractivity (Wildman–Crippen MR) is 125 cm³/mol. The lowest BCUT2D eigenvalue weighted by Crippen LogP contribution is -2.21. The molecule has 2 heteroatoms. The first-order valence-corrected chi connectivity index (χ1v) is 10.2. The van der Waals surface area contributed by atoms with Crippen LogP contribution in [0.25, 0.3) is 5.57 Å². The molecule has 0 aromatic heterocycles. The Hall–Kier alpha value is -4.01. The van der Waals surface area contributed by atoms with Gasteiger partial charge in [-0.3, -0.25) is 0 Å². The average molecular weight is 402 g/mol. The Balaban J connectivity index is 1.65. The summed E-state index contributed by atoms with van der Waals surface area (Å²) in [6, 6.07) is 22.9. The normalized spacial score (nSPS) is 13.5. The van der Waals surface area contributed by atoms with E-state index in [1.807, 2.05) is 36.4 Å². The number of carboxylic acid groups (broad SMARTS) is 1. The molecule has 0 bridgehead atoms. The fourth-order valence-electron chi connectivity index (χ4n) is 3.61. The van der Waals surface area contributed by atoms with Crippen LogP contribution < -0.4 is 0 Å². The summed E-state index contributed by atoms with van der Waals surface area (Å²) >= 11 is 0. The highest BCUT2D eigenvalue weighted by molar-refractivity contribution is 5.87. The monoisotopic (exact) mass is 402 g/mol. The number of carboxylic acids is 1. The van der Waals surface area contributed by atoms with E-state index in [1.165, 1.54) is 5.56 Å². The maximum atomic E-state index is 11.0. The summed E-state index contributed by atoms with van der Waals surface area (Å²) in [5.41, 5.74) is 6.47. The fraction of sp³-hybridized carbons (Fsp3) is 0.138. The third kappa shape index (κ3) is 4.61. The van der Waals surface area contributed by atoms with E-state index in [0.29, 0.717) is 0 Å². The minimum Gasteiger partial charge on any atom is -0.478 e. The van der Waals surface area contributed by atoms with Gasteiger partial charge in [-0.25, -0.2) is 4.79 Å². The number of allylic oxidation sites excluding steroid dienone is 2. The Labute approximate surface area is 183 Å². The van der Waals surface area contributed by atoms with Crippen LogP contribution in [0.2, 0.25) is 0 Å². The molecule has 1 aliphatic carbocycles. The van der Waals surface area contributed by atoms with Gasteiger partial charge in [0.2, 0.25) is 0 Å². The minimum atomic E-state index is -0.935. The van der Waals surface area contributed by atoms with E-state index in [2.05, 4.69) is 55.7 Å². The lowest BCUT2D eigenvalue weighted by molar-refractivity contribution is 0.0697. The summed E-state index contributed by atoms with van der Waals surface area (Å²) in [6.07, 6.45) is 3.15. The smallest absolute Gasteiger partial charge is 0.335 e. The molecule has 3 aromatic carbocycles. The number of benzene rings is 3. The van der Waals surface area contributed by atoms with Crippen LogP contribution in [0.3, 0.4) is 0 Å². The van der Waals surface area contributed by atoms with Gasteiger partial charge < -0.3 is 5.11 Å². The highest BCUT2D eigenvalue weighted by Crippen LogP contribution is 2.39. The molecule has 1 N–H and O–H groups in total. The largest absolute Gasteiger partial charge is 0.478 e. The summed E-state index contributed by atoms with van der Waals surface area (Å²) in [5.74, 6) is 12.0. The standard InChI is InChI=1S/C29H22O2/c1-29(2)19-18-24(14-10-21-6-4-3-5-7-21)26-17-13-23(20-27(26)29)9-8-22-11-15-25(16-12-22)28(30)31/h3-7,11-13,15-18,20H,19H2,1-2H3,(H,30,31). The first-order valence-electron chi connectivity index (χ1n) is 10.2. The zero-order valence-corrected chi connectivity index (χ0v) is 17.6. The van der Waals surface area contributed by atoms with Crippen LogP contribution in [0, 0.1) is 23.7 Å². The molecule has 3 aromatic rings. The number of rotatable bonds is 1. The average Bonchev–Trinajstić information content (AvgIpc) is 2.78. The zero-order valence-electron chi connectivity index (χ0n) is 17.6. The van der Waals surface area contributed by atoms with Crippen LogP contribution in [-0.4, -0.2) is 11.1 Å². The number of hydrogen-bond acceptors (Lipinski definition) is 1. The Morgan fingerprint density at radius 2 is 1.42 bits per heavy atom. The van der Waals surface area contributed by atoms with Crippen LogP contribution >= 0.6 is 0 Å². The van der Waals surface area contributed by atoms with Crippen molar-refractivity contribution in [2.75, 3.05) is 0 Å². The maximum Gasteiger partial charge on any atom is 0.335 e. The van der Waals surface area contributed by atoms with Crippen LogP contribution in [0.5, 0.6) is 0 Å². The van der Waals surface area contributed by atoms with Gasteiger partial charge in [-0.1, -0.05) is 67.9 Å². The molecular formula is C29H22O2. The van der Waals surface area contributed by atoms with Gasteiger partial charge in [0.05, 0.1) is 5.56 Å². The quantitative estimate of drug-likeness (QED) is 0.515. The number of carbonyl (C=O) groups is 1. The van der Waals surface area contributed by atoms with Crippen molar-refractivity contribution in [3.8, 4) is 23.7 Å². The van der Waals surface area contributed by atoms with Crippen molar-refractivity contribution < 1.29 is 9.90 Å². The van der Waals surface area contributed by atoms with Crippen LogP contribution in [0.15, 0.2) is 78.9 Å². The van der Waals surface area contributed by atoms with Crippen LogP contribution in [0.1, 0.15) is 58.4 Å². The molecule has 150 valence electrons. The molecule has 0 heterocycles. The highest BCUT2D eigenvalue weighted by atomic mass is 16.4. The van der Waals surface area contributed by atoms with Crippen molar-refractivity contribution in [2.45, 2.75) is 25.7 Å². The predicted octanol–water partition coefficient (Wildman–Crippen LogP) is 5.90. The molecule has 0 saturated carbocycles. The van der Waals surface area contributed by atoms with Crippen molar-refractivity contribution in [2.24, 2.45) is 0 Å². The molecule has 2 nitrogen and oxygen atoms in total. The molecule has 0 unspecified atom stereocenters. The van der Waals surface area contributed by atoms with E-state index in [4.69, 9.17) is 5.11 Å². The second-order valence-corrected chi connectivity index (χ2v) is 8.21. The van der Waals surface area contributed by atoms with Crippen molar-refractivity contribution >= 4 is 11.5 Å². The summed E-state index contributed by atoms with van der Waals surface area (Å²) < 4.78 is 0. The van der Waals surface area contributed by atoms with Gasteiger partial charge in [-0.05, 0) is 71.5 Å². The third-order valence-electron chi connectivity index (χ3n) is 5.45. The Kier molecular flexibility index (Phi) is 5.48. The summed E-state index contributed by atoms with van der Waals surface area (Å²) in [5, 5.41) is 9.02. The van der Waals surface area contributed by atoms with Gasteiger partial charge in [-0.15, -0.1) is 0 Å². The minimum absolute atomic E-state index is 0.00802. The lowest BCUT2D eigenvalue weighted by Gasteiger charge is -2.31. The number of fused-ring (bicyclic) bond motifs is 1. The fourth-order valence-corrected chi connectivity index (χ4v) is 3.61. The van der Waals surface area contributed by atoms with Crippen molar-refractivity contribution in [1.82, 2.24) is 0 Å². The Bertz CT molecular complexity index is 1290. The van der Waals surface area contributed by atoms with E-state index in [-0.39, 0.29) is 11.0 Å². The van der Waals surface area contributed by atoms with Gasteiger partial charge in [0.25, 0.3) is 0 Å². The number of aromatic carboxylic acids is 1. The summed E-state index contributed by atoms with van der Waals surface area (Å²) in [4.78, 5) is 11.0. The van der Waals surface area contributed by atoms with Gasteiger partial charge in [0, 0.05) is 22.3 Å². The van der Waals surface area contributed by atoms with Gasteiger partial charge in [0.1, 0.15) is 0 Å². The maximum absolute atomic E-state index is 11.0. The van der Waals surface area contributed by atoms with E-state index in [1.54, 1.807) is 24.3 Å². The molecule has 0 amide bonds. The Morgan fingerprint density at radius 3 is 2.13 bits per heavy atom. The molecule has 0 spiro atoms. The Morgan fingerprint density at radius 1 is 0.806 bits per heavy atom. The van der Waals surface area contributed by atoms with E-state index in [9.17, 15) is 4.79 Å². The van der Waals surface area contributed by atoms with E-state index < -0.39 is 5.97 Å². The topological polar surface area (TPSA) is 37.3 Å². The molecule has 0 fully saturated rings. The van der Waals surface area contributed by atoms with Crippen molar-refractivity contribution in [1.29, 1.82) is 0 Å². The van der Waals surface area contributed by atoms with Gasteiger partial charge in [-0.2, -0.15) is 0 Å².